The van der Waals surface area contributed by atoms with Crippen LogP contribution in [0.4, 0.5) is 0 Å². The molecule has 0 spiro atoms. The van der Waals surface area contributed by atoms with Crippen LogP contribution < -0.4 is 20.7 Å². The van der Waals surface area contributed by atoms with Gasteiger partial charge in [0.25, 0.3) is 5.56 Å². The van der Waals surface area contributed by atoms with E-state index in [2.05, 4.69) is 10.1 Å². The van der Waals surface area contributed by atoms with Gasteiger partial charge in [-0.2, -0.15) is 5.10 Å². The summed E-state index contributed by atoms with van der Waals surface area (Å²) in [5.74, 6) is 0.111. The minimum atomic E-state index is -0.838. The van der Waals surface area contributed by atoms with Crippen LogP contribution in [0.3, 0.4) is 0 Å². The second-order valence-corrected chi connectivity index (χ2v) is 8.18. The third kappa shape index (κ3) is 4.40. The Bertz CT molecular complexity index is 1440. The maximum atomic E-state index is 12.8. The molecule has 1 aromatic heterocycles. The number of carbonyl (C=O) groups excluding carboxylic acids is 1. The Kier molecular flexibility index (Phi) is 6.65. The van der Waals surface area contributed by atoms with Crippen molar-refractivity contribution in [1.82, 2.24) is 14.6 Å². The molecule has 1 amide bonds. The molecule has 0 saturated carbocycles. The van der Waals surface area contributed by atoms with Gasteiger partial charge in [0, 0.05) is 17.9 Å². The molecule has 2 heterocycles. The lowest BCUT2D eigenvalue weighted by Gasteiger charge is -2.22. The van der Waals surface area contributed by atoms with Gasteiger partial charge in [-0.15, -0.1) is 0 Å². The average molecular weight is 499 g/mol. The van der Waals surface area contributed by atoms with E-state index in [1.807, 2.05) is 0 Å². The van der Waals surface area contributed by atoms with Crippen molar-refractivity contribution in [3.63, 3.8) is 0 Å². The van der Waals surface area contributed by atoms with Gasteiger partial charge in [0.05, 0.1) is 31.7 Å². The number of H-pyrrole nitrogens is 1. The summed E-state index contributed by atoms with van der Waals surface area (Å²) < 4.78 is 11.6. The van der Waals surface area contributed by atoms with Crippen molar-refractivity contribution in [2.75, 3.05) is 14.2 Å². The number of rotatable bonds is 6. The highest BCUT2D eigenvalue weighted by molar-refractivity contribution is 6.30. The smallest absolute Gasteiger partial charge is 0.335 e. The second kappa shape index (κ2) is 9.67. The highest BCUT2D eigenvalue weighted by atomic mass is 35.5. The maximum Gasteiger partial charge on any atom is 0.335 e. The minimum Gasteiger partial charge on any atom is -0.493 e. The van der Waals surface area contributed by atoms with Crippen molar-refractivity contribution in [3.05, 3.63) is 79.5 Å². The number of methoxy groups -OCH3 is 2. The fourth-order valence-electron chi connectivity index (χ4n) is 4.01. The third-order valence-electron chi connectivity index (χ3n) is 5.70. The maximum absolute atomic E-state index is 12.8. The number of amides is 1. The molecule has 11 heteroatoms. The first-order valence-electron chi connectivity index (χ1n) is 10.7. The van der Waals surface area contributed by atoms with E-state index in [9.17, 15) is 19.5 Å². The number of hydrazone groups is 1. The van der Waals surface area contributed by atoms with E-state index in [0.29, 0.717) is 22.1 Å². The number of carbonyl (C=O) groups is 1. The number of nitrogens with one attached hydrogen (secondary N) is 1. The summed E-state index contributed by atoms with van der Waals surface area (Å²) in [6.07, 6.45) is 0.288. The molecule has 1 unspecified atom stereocenters. The summed E-state index contributed by atoms with van der Waals surface area (Å²) >= 11 is 6.04. The van der Waals surface area contributed by atoms with Crippen LogP contribution in [0.25, 0.3) is 5.69 Å². The first-order chi connectivity index (χ1) is 16.8. The lowest BCUT2D eigenvalue weighted by atomic mass is 9.98. The van der Waals surface area contributed by atoms with E-state index in [1.54, 1.807) is 43.3 Å². The molecule has 0 fully saturated rings. The van der Waals surface area contributed by atoms with Crippen LogP contribution in [-0.4, -0.2) is 45.5 Å². The number of aromatic amines is 1. The molecule has 1 atom stereocenters. The summed E-state index contributed by atoms with van der Waals surface area (Å²) in [6.45, 7) is 1.70. The zero-order chi connectivity index (χ0) is 25.3. The topological polar surface area (TPSA) is 126 Å². The molecule has 4 rings (SSSR count). The molecule has 0 radical (unpaired) electrons. The number of aromatic nitrogens is 2. The number of ether oxygens (including phenoxy) is 2. The molecule has 0 saturated heterocycles. The largest absolute Gasteiger partial charge is 0.493 e. The zero-order valence-electron chi connectivity index (χ0n) is 19.2. The Morgan fingerprint density at radius 2 is 1.91 bits per heavy atom. The van der Waals surface area contributed by atoms with E-state index >= 15 is 0 Å². The molecule has 1 aliphatic rings. The van der Waals surface area contributed by atoms with Crippen molar-refractivity contribution >= 4 is 23.2 Å². The molecule has 10 nitrogen and oxygen atoms in total. The molecule has 2 aromatic carbocycles. The summed E-state index contributed by atoms with van der Waals surface area (Å²) in [4.78, 5) is 40.3. The predicted molar refractivity (Wildman–Crippen MR) is 130 cm³/mol. The Morgan fingerprint density at radius 3 is 2.57 bits per heavy atom. The molecule has 2 N–H and O–H groups in total. The van der Waals surface area contributed by atoms with Gasteiger partial charge in [0.2, 0.25) is 11.8 Å². The Balaban J connectivity index is 1.84. The summed E-state index contributed by atoms with van der Waals surface area (Å²) in [5, 5.41) is 17.0. The summed E-state index contributed by atoms with van der Waals surface area (Å²) in [5.41, 5.74) is -0.754. The van der Waals surface area contributed by atoms with Crippen molar-refractivity contribution in [3.8, 4) is 23.1 Å². The van der Waals surface area contributed by atoms with Gasteiger partial charge in [-0.1, -0.05) is 30.7 Å². The molecule has 182 valence electrons. The fourth-order valence-corrected chi connectivity index (χ4v) is 4.20. The number of hydrogen-bond donors (Lipinski definition) is 2. The van der Waals surface area contributed by atoms with Crippen LogP contribution in [0.15, 0.2) is 57.2 Å². The van der Waals surface area contributed by atoms with Crippen LogP contribution in [0, 0.1) is 0 Å². The molecular formula is C24H23ClN4O6. The van der Waals surface area contributed by atoms with Gasteiger partial charge < -0.3 is 14.6 Å². The Labute approximate surface area is 205 Å². The van der Waals surface area contributed by atoms with Gasteiger partial charge >= 0.3 is 5.69 Å². The van der Waals surface area contributed by atoms with Gasteiger partial charge in [0.15, 0.2) is 11.5 Å². The number of halogens is 1. The number of benzene rings is 2. The molecule has 3 aromatic rings. The van der Waals surface area contributed by atoms with E-state index in [0.717, 1.165) is 4.57 Å². The Hall–Kier alpha value is -4.05. The molecule has 0 aliphatic carbocycles. The van der Waals surface area contributed by atoms with E-state index in [1.165, 1.54) is 25.3 Å². The van der Waals surface area contributed by atoms with Crippen LogP contribution in [0.2, 0.25) is 5.02 Å². The quantitative estimate of drug-likeness (QED) is 0.538. The zero-order valence-corrected chi connectivity index (χ0v) is 20.0. The van der Waals surface area contributed by atoms with Crippen molar-refractivity contribution in [2.24, 2.45) is 5.10 Å². The number of aromatic hydroxyl groups is 1. The van der Waals surface area contributed by atoms with Gasteiger partial charge in [-0.05, 0) is 35.9 Å². The van der Waals surface area contributed by atoms with E-state index < -0.39 is 23.2 Å². The monoisotopic (exact) mass is 498 g/mol. The van der Waals surface area contributed by atoms with Gasteiger partial charge in [0.1, 0.15) is 5.56 Å². The fraction of sp³-hybridized carbons (Fsp3) is 0.250. The SMILES string of the molecule is CCC(=O)N1N=C(c2c(O)n(-c3cccc(Cl)c3)c(=O)[nH]c2=O)CC1c1ccc(OC)c(OC)c1. The van der Waals surface area contributed by atoms with E-state index in [4.69, 9.17) is 21.1 Å². The van der Waals surface area contributed by atoms with Gasteiger partial charge in [-0.3, -0.25) is 14.6 Å². The Morgan fingerprint density at radius 1 is 1.17 bits per heavy atom. The average Bonchev–Trinajstić information content (AvgIpc) is 3.27. The van der Waals surface area contributed by atoms with Gasteiger partial charge in [-0.25, -0.2) is 14.4 Å². The van der Waals surface area contributed by atoms with Crippen molar-refractivity contribution in [1.29, 1.82) is 0 Å². The van der Waals surface area contributed by atoms with E-state index in [-0.39, 0.29) is 35.7 Å². The normalized spacial score (nSPS) is 15.1. The summed E-state index contributed by atoms with van der Waals surface area (Å²) in [6, 6.07) is 10.9. The standard InChI is InChI=1S/C24H23ClN4O6/c1-4-20(30)29-17(13-8-9-18(34-2)19(10-13)35-3)12-16(27-29)21-22(31)26-24(33)28(23(21)32)15-7-5-6-14(25)11-15/h5-11,17,32H,4,12H2,1-3H3,(H,26,31,33). The van der Waals surface area contributed by atoms with Crippen molar-refractivity contribution < 1.29 is 19.4 Å². The third-order valence-corrected chi connectivity index (χ3v) is 5.94. The predicted octanol–water partition coefficient (Wildman–Crippen LogP) is 2.99. The lowest BCUT2D eigenvalue weighted by molar-refractivity contribution is -0.132. The molecule has 0 bridgehead atoms. The molecule has 1 aliphatic heterocycles. The van der Waals surface area contributed by atoms with Crippen LogP contribution in [0.5, 0.6) is 17.4 Å². The number of nitrogens with zero attached hydrogens (tertiary/aromatic N) is 3. The molecular weight excluding hydrogens is 476 g/mol. The number of hydrogen-bond acceptors (Lipinski definition) is 7. The summed E-state index contributed by atoms with van der Waals surface area (Å²) in [7, 11) is 3.02. The van der Waals surface area contributed by atoms with Crippen LogP contribution in [0.1, 0.15) is 36.9 Å². The first-order valence-corrected chi connectivity index (χ1v) is 11.1. The second-order valence-electron chi connectivity index (χ2n) is 7.75. The molecule has 35 heavy (non-hydrogen) atoms. The minimum absolute atomic E-state index is 0.117. The lowest BCUT2D eigenvalue weighted by Crippen LogP contribution is -2.33. The highest BCUT2D eigenvalue weighted by Gasteiger charge is 2.35. The van der Waals surface area contributed by atoms with Crippen LogP contribution in [-0.2, 0) is 4.79 Å². The van der Waals surface area contributed by atoms with Crippen LogP contribution >= 0.6 is 11.6 Å². The van der Waals surface area contributed by atoms with Crippen molar-refractivity contribution in [2.45, 2.75) is 25.8 Å². The highest BCUT2D eigenvalue weighted by Crippen LogP contribution is 2.38. The first kappa shape index (κ1) is 24.1.